The van der Waals surface area contributed by atoms with Crippen LogP contribution in [0.1, 0.15) is 0 Å². The smallest absolute Gasteiger partial charge is 0.428 e. The van der Waals surface area contributed by atoms with Crippen molar-refractivity contribution in [3.63, 3.8) is 0 Å². The number of fused-ring (bicyclic) bond motifs is 1. The van der Waals surface area contributed by atoms with Crippen molar-refractivity contribution in [2.24, 2.45) is 0 Å². The molecule has 0 atom stereocenters. The summed E-state index contributed by atoms with van der Waals surface area (Å²) in [5, 5.41) is 0. The molecule has 3 rings (SSSR count). The van der Waals surface area contributed by atoms with Gasteiger partial charge in [0.15, 0.2) is 4.77 Å². The van der Waals surface area contributed by atoms with Crippen molar-refractivity contribution in [2.75, 3.05) is 0 Å². The molecule has 8 heteroatoms. The van der Waals surface area contributed by atoms with Crippen LogP contribution in [0, 0.1) is 4.77 Å². The van der Waals surface area contributed by atoms with Gasteiger partial charge in [-0.15, -0.1) is 0 Å². The van der Waals surface area contributed by atoms with E-state index in [0.717, 1.165) is 11.0 Å². The maximum Gasteiger partial charge on any atom is 0.461 e. The number of aromatic amines is 1. The summed E-state index contributed by atoms with van der Waals surface area (Å²) in [6.07, 6.45) is -8.43. The van der Waals surface area contributed by atoms with Gasteiger partial charge in [0.05, 0.1) is 11.0 Å². The topological polar surface area (TPSA) is 29.9 Å². The molecule has 2 aromatic carbocycles. The average Bonchev–Trinajstić information content (AvgIpc) is 2.83. The second kappa shape index (κ2) is 5.69. The Bertz CT molecular complexity index is 886. The lowest BCUT2D eigenvalue weighted by molar-refractivity contribution is -0.253. The van der Waals surface area contributed by atoms with Crippen LogP contribution in [0.2, 0.25) is 0 Å². The van der Waals surface area contributed by atoms with E-state index in [4.69, 9.17) is 12.2 Å². The van der Waals surface area contributed by atoms with E-state index in [2.05, 4.69) is 9.72 Å². The second-order valence-electron chi connectivity index (χ2n) is 4.74. The van der Waals surface area contributed by atoms with Gasteiger partial charge in [0.1, 0.15) is 5.75 Å². The summed E-state index contributed by atoms with van der Waals surface area (Å²) in [5.41, 5.74) is 2.23. The van der Waals surface area contributed by atoms with Crippen molar-refractivity contribution >= 4 is 23.3 Å². The van der Waals surface area contributed by atoms with Crippen molar-refractivity contribution in [1.29, 1.82) is 0 Å². The highest BCUT2D eigenvalue weighted by atomic mass is 32.1. The van der Waals surface area contributed by atoms with Gasteiger partial charge in [0.2, 0.25) is 0 Å². The van der Waals surface area contributed by atoms with Crippen LogP contribution >= 0.6 is 12.2 Å². The first-order valence-electron chi connectivity index (χ1n) is 6.53. The highest BCUT2D eigenvalue weighted by molar-refractivity contribution is 7.71. The first-order chi connectivity index (χ1) is 10.9. The molecule has 1 heterocycles. The Morgan fingerprint density at radius 3 is 2.35 bits per heavy atom. The first-order valence-corrected chi connectivity index (χ1v) is 6.94. The van der Waals surface area contributed by atoms with Crippen molar-refractivity contribution < 1.29 is 22.3 Å². The molecule has 0 radical (unpaired) electrons. The predicted molar refractivity (Wildman–Crippen MR) is 80.0 cm³/mol. The lowest BCUT2D eigenvalue weighted by atomic mass is 10.2. The quantitative estimate of drug-likeness (QED) is 0.538. The molecule has 0 bridgehead atoms. The molecule has 3 nitrogen and oxygen atoms in total. The number of nitrogens with one attached hydrogen (secondary N) is 1. The molecule has 23 heavy (non-hydrogen) atoms. The number of nitrogens with zero attached hydrogens (tertiary/aromatic N) is 1. The van der Waals surface area contributed by atoms with Gasteiger partial charge < -0.3 is 9.72 Å². The Kier molecular flexibility index (Phi) is 3.85. The molecule has 0 aliphatic carbocycles. The minimum absolute atomic E-state index is 0.356. The van der Waals surface area contributed by atoms with Crippen molar-refractivity contribution in [2.45, 2.75) is 12.5 Å². The molecule has 0 spiro atoms. The SMILES string of the molecule is FC(F)C(F)(F)Oc1ccc(-n2c(=S)[nH]c3ccccc32)cc1. The van der Waals surface area contributed by atoms with Crippen molar-refractivity contribution in [3.05, 3.63) is 53.3 Å². The van der Waals surface area contributed by atoms with E-state index >= 15 is 0 Å². The fourth-order valence-electron chi connectivity index (χ4n) is 2.18. The van der Waals surface area contributed by atoms with Crippen LogP contribution in [0.15, 0.2) is 48.5 Å². The van der Waals surface area contributed by atoms with E-state index < -0.39 is 12.5 Å². The van der Waals surface area contributed by atoms with Gasteiger partial charge >= 0.3 is 12.5 Å². The van der Waals surface area contributed by atoms with Crippen LogP contribution < -0.4 is 4.74 Å². The van der Waals surface area contributed by atoms with Crippen LogP contribution in [-0.4, -0.2) is 22.1 Å². The van der Waals surface area contributed by atoms with Gasteiger partial charge in [-0.2, -0.15) is 17.6 Å². The molecule has 0 saturated heterocycles. The summed E-state index contributed by atoms with van der Waals surface area (Å²) in [4.78, 5) is 3.02. The minimum Gasteiger partial charge on any atom is -0.428 e. The number of halogens is 4. The molecule has 0 unspecified atom stereocenters. The van der Waals surface area contributed by atoms with E-state index in [1.807, 2.05) is 24.3 Å². The first kappa shape index (κ1) is 15.5. The highest BCUT2D eigenvalue weighted by Crippen LogP contribution is 2.28. The Morgan fingerprint density at radius 2 is 1.70 bits per heavy atom. The summed E-state index contributed by atoms with van der Waals surface area (Å²) >= 11 is 5.25. The zero-order valence-electron chi connectivity index (χ0n) is 11.5. The van der Waals surface area contributed by atoms with Crippen molar-refractivity contribution in [3.8, 4) is 11.4 Å². The highest BCUT2D eigenvalue weighted by Gasteiger charge is 2.43. The summed E-state index contributed by atoms with van der Waals surface area (Å²) in [5.74, 6) is -0.356. The number of ether oxygens (including phenoxy) is 1. The Morgan fingerprint density at radius 1 is 1.04 bits per heavy atom. The number of rotatable bonds is 4. The molecule has 3 aromatic rings. The van der Waals surface area contributed by atoms with Gasteiger partial charge in [-0.05, 0) is 48.6 Å². The van der Waals surface area contributed by atoms with Crippen LogP contribution in [0.5, 0.6) is 5.75 Å². The maximum absolute atomic E-state index is 12.9. The minimum atomic E-state index is -4.53. The van der Waals surface area contributed by atoms with E-state index in [9.17, 15) is 17.6 Å². The third-order valence-corrected chi connectivity index (χ3v) is 3.48. The normalized spacial score (nSPS) is 12.0. The molecule has 0 aliphatic rings. The lowest BCUT2D eigenvalue weighted by Crippen LogP contribution is -2.33. The molecular weight excluding hydrogens is 332 g/mol. The number of alkyl halides is 4. The average molecular weight is 342 g/mol. The van der Waals surface area contributed by atoms with Gasteiger partial charge in [0.25, 0.3) is 0 Å². The van der Waals surface area contributed by atoms with Gasteiger partial charge in [0, 0.05) is 5.69 Å². The summed E-state index contributed by atoms with van der Waals surface area (Å²) in [7, 11) is 0. The van der Waals surface area contributed by atoms with Crippen LogP contribution in [0.4, 0.5) is 17.6 Å². The zero-order chi connectivity index (χ0) is 16.6. The Hall–Kier alpha value is -2.35. The van der Waals surface area contributed by atoms with Crippen LogP contribution in [0.25, 0.3) is 16.7 Å². The molecule has 1 N–H and O–H groups in total. The molecule has 0 fully saturated rings. The number of H-pyrrole nitrogens is 1. The van der Waals surface area contributed by atoms with Crippen LogP contribution in [0.3, 0.4) is 0 Å². The zero-order valence-corrected chi connectivity index (χ0v) is 12.3. The Balaban J connectivity index is 1.96. The molecule has 0 saturated carbocycles. The molecule has 0 amide bonds. The number of para-hydroxylation sites is 2. The monoisotopic (exact) mass is 342 g/mol. The van der Waals surface area contributed by atoms with Gasteiger partial charge in [-0.25, -0.2) is 0 Å². The largest absolute Gasteiger partial charge is 0.461 e. The second-order valence-corrected chi connectivity index (χ2v) is 5.13. The third-order valence-electron chi connectivity index (χ3n) is 3.19. The fraction of sp³-hybridized carbons (Fsp3) is 0.133. The molecule has 120 valence electrons. The van der Waals surface area contributed by atoms with Gasteiger partial charge in [-0.1, -0.05) is 12.1 Å². The maximum atomic E-state index is 12.9. The van der Waals surface area contributed by atoms with E-state index in [1.165, 1.54) is 24.3 Å². The summed E-state index contributed by atoms with van der Waals surface area (Å²) in [6.45, 7) is 0. The molecular formula is C15H10F4N2OS. The lowest BCUT2D eigenvalue weighted by Gasteiger charge is -2.17. The third kappa shape index (κ3) is 2.94. The number of hydrogen-bond donors (Lipinski definition) is 1. The molecule has 1 aromatic heterocycles. The van der Waals surface area contributed by atoms with Crippen molar-refractivity contribution in [1.82, 2.24) is 9.55 Å². The molecule has 0 aliphatic heterocycles. The van der Waals surface area contributed by atoms with E-state index in [1.54, 1.807) is 4.57 Å². The fourth-order valence-corrected chi connectivity index (χ4v) is 2.49. The number of hydrogen-bond acceptors (Lipinski definition) is 2. The summed E-state index contributed by atoms with van der Waals surface area (Å²) in [6, 6.07) is 12.7. The predicted octanol–water partition coefficient (Wildman–Crippen LogP) is 4.92. The van der Waals surface area contributed by atoms with Gasteiger partial charge in [-0.3, -0.25) is 4.57 Å². The van der Waals surface area contributed by atoms with E-state index in [-0.39, 0.29) is 5.75 Å². The summed E-state index contributed by atoms with van der Waals surface area (Å²) < 4.78 is 56.2. The number of aromatic nitrogens is 2. The Labute approximate surface area is 133 Å². The van der Waals surface area contributed by atoms with Crippen LogP contribution in [-0.2, 0) is 0 Å². The number of imidazole rings is 1. The standard InChI is InChI=1S/C15H10F4N2OS/c16-13(17)15(18,19)22-10-7-5-9(6-8-10)21-12-4-2-1-3-11(12)20-14(21)23/h1-8,13H,(H,20,23). The van der Waals surface area contributed by atoms with E-state index in [0.29, 0.717) is 10.5 Å². The number of benzene rings is 2.